The number of carbonyl (C=O) groups is 1. The highest BCUT2D eigenvalue weighted by atomic mass is 35.5. The zero-order chi connectivity index (χ0) is 32.7. The lowest BCUT2D eigenvalue weighted by molar-refractivity contribution is -0.384. The number of halogens is 5. The number of carboxylic acid groups (broad SMARTS) is 1. The molecule has 1 aliphatic heterocycles. The van der Waals surface area contributed by atoms with Crippen molar-refractivity contribution in [2.45, 2.75) is 25.6 Å². The fourth-order valence-corrected chi connectivity index (χ4v) is 4.84. The smallest absolute Gasteiger partial charge is 0.475 e. The van der Waals surface area contributed by atoms with Gasteiger partial charge in [-0.3, -0.25) is 19.4 Å². The van der Waals surface area contributed by atoms with E-state index in [1.807, 2.05) is 22.7 Å². The number of morpholine rings is 1. The van der Waals surface area contributed by atoms with Crippen LogP contribution in [-0.2, 0) is 22.5 Å². The molecule has 18 heteroatoms. The maximum atomic E-state index is 11.0. The number of nitrogens with two attached hydrogens (primary N) is 1. The Balaban J connectivity index is 0.000000591. The number of hydrogen-bond acceptors (Lipinski definition) is 10. The molecule has 45 heavy (non-hydrogen) atoms. The highest BCUT2D eigenvalue weighted by Gasteiger charge is 2.38. The second-order valence-corrected chi connectivity index (χ2v) is 10.6. The van der Waals surface area contributed by atoms with E-state index in [-0.39, 0.29) is 11.5 Å². The van der Waals surface area contributed by atoms with Crippen LogP contribution < -0.4 is 11.1 Å². The first-order valence-corrected chi connectivity index (χ1v) is 14.2. The minimum atomic E-state index is -5.08. The summed E-state index contributed by atoms with van der Waals surface area (Å²) >= 11 is 12.6. The Morgan fingerprint density at radius 3 is 2.44 bits per heavy atom. The van der Waals surface area contributed by atoms with Crippen molar-refractivity contribution in [2.24, 2.45) is 0 Å². The number of rotatable bonds is 9. The van der Waals surface area contributed by atoms with E-state index in [0.717, 1.165) is 49.8 Å². The van der Waals surface area contributed by atoms with E-state index in [9.17, 15) is 23.3 Å². The van der Waals surface area contributed by atoms with E-state index in [0.29, 0.717) is 46.8 Å². The van der Waals surface area contributed by atoms with E-state index in [1.165, 1.54) is 6.07 Å². The molecule has 0 unspecified atom stereocenters. The minimum Gasteiger partial charge on any atom is -0.475 e. The molecule has 3 aromatic heterocycles. The highest BCUT2D eigenvalue weighted by Crippen LogP contribution is 2.31. The van der Waals surface area contributed by atoms with Gasteiger partial charge in [0.2, 0.25) is 11.8 Å². The quantitative estimate of drug-likeness (QED) is 0.123. The van der Waals surface area contributed by atoms with Crippen molar-refractivity contribution in [3.8, 4) is 11.3 Å². The Kier molecular flexibility index (Phi) is 11.0. The molecule has 4 heterocycles. The summed E-state index contributed by atoms with van der Waals surface area (Å²) in [7, 11) is 0. The van der Waals surface area contributed by atoms with Gasteiger partial charge in [-0.05, 0) is 37.1 Å². The lowest BCUT2D eigenvalue weighted by Crippen LogP contribution is -2.35. The van der Waals surface area contributed by atoms with Gasteiger partial charge in [0.05, 0.1) is 34.5 Å². The van der Waals surface area contributed by atoms with E-state index >= 15 is 0 Å². The van der Waals surface area contributed by atoms with Gasteiger partial charge in [-0.25, -0.2) is 19.7 Å². The minimum absolute atomic E-state index is 0.0809. The van der Waals surface area contributed by atoms with Gasteiger partial charge in [0.15, 0.2) is 0 Å². The average Bonchev–Trinajstić information content (AvgIpc) is 3.38. The predicted molar refractivity (Wildman–Crippen MR) is 160 cm³/mol. The first-order valence-electron chi connectivity index (χ1n) is 13.4. The van der Waals surface area contributed by atoms with E-state index < -0.39 is 17.1 Å². The zero-order valence-electron chi connectivity index (χ0n) is 23.4. The molecule has 0 bridgehead atoms. The number of aromatic nitrogens is 4. The van der Waals surface area contributed by atoms with E-state index in [4.69, 9.17) is 53.5 Å². The Morgan fingerprint density at radius 1 is 1.11 bits per heavy atom. The van der Waals surface area contributed by atoms with Crippen molar-refractivity contribution < 1.29 is 32.7 Å². The number of pyridine rings is 1. The van der Waals surface area contributed by atoms with Crippen molar-refractivity contribution in [1.29, 1.82) is 0 Å². The number of hydrogen-bond donors (Lipinski definition) is 3. The zero-order valence-corrected chi connectivity index (χ0v) is 24.9. The van der Waals surface area contributed by atoms with Gasteiger partial charge in [0.25, 0.3) is 0 Å². The third-order valence-electron chi connectivity index (χ3n) is 6.49. The number of fused-ring (bicyclic) bond motifs is 1. The number of aliphatic carboxylic acids is 1. The molecule has 240 valence electrons. The molecule has 0 saturated carbocycles. The lowest BCUT2D eigenvalue weighted by atomic mass is 10.1. The monoisotopic (exact) mass is 670 g/mol. The number of anilines is 2. The molecule has 1 aliphatic rings. The van der Waals surface area contributed by atoms with Gasteiger partial charge in [0, 0.05) is 60.8 Å². The van der Waals surface area contributed by atoms with Gasteiger partial charge in [-0.1, -0.05) is 23.2 Å². The second kappa shape index (κ2) is 14.7. The van der Waals surface area contributed by atoms with Crippen molar-refractivity contribution in [2.75, 3.05) is 43.9 Å². The molecule has 1 saturated heterocycles. The van der Waals surface area contributed by atoms with Crippen LogP contribution in [0.3, 0.4) is 0 Å². The molecule has 0 amide bonds. The molecule has 0 atom stereocenters. The topological polar surface area (TPSA) is 174 Å². The summed E-state index contributed by atoms with van der Waals surface area (Å²) in [6.45, 7) is 4.46. The van der Waals surface area contributed by atoms with Crippen LogP contribution >= 0.6 is 23.2 Å². The number of alkyl halides is 3. The Labute approximate surface area is 263 Å². The van der Waals surface area contributed by atoms with Gasteiger partial charge in [-0.15, -0.1) is 0 Å². The van der Waals surface area contributed by atoms with Gasteiger partial charge >= 0.3 is 17.8 Å². The van der Waals surface area contributed by atoms with Crippen molar-refractivity contribution in [1.82, 2.24) is 24.3 Å². The van der Waals surface area contributed by atoms with Crippen molar-refractivity contribution in [3.05, 3.63) is 74.1 Å². The van der Waals surface area contributed by atoms with Crippen molar-refractivity contribution in [3.63, 3.8) is 0 Å². The van der Waals surface area contributed by atoms with Crippen LogP contribution in [0.1, 0.15) is 17.8 Å². The maximum absolute atomic E-state index is 11.0. The molecule has 1 aromatic carbocycles. The summed E-state index contributed by atoms with van der Waals surface area (Å²) in [6, 6.07) is 10.2. The van der Waals surface area contributed by atoms with Crippen LogP contribution in [0.15, 0.2) is 42.6 Å². The fourth-order valence-electron chi connectivity index (χ4n) is 4.34. The normalized spacial score (nSPS) is 13.7. The van der Waals surface area contributed by atoms with Crippen LogP contribution in [-0.4, -0.2) is 79.3 Å². The Morgan fingerprint density at radius 2 is 1.82 bits per heavy atom. The molecule has 4 aromatic rings. The molecule has 5 rings (SSSR count). The third-order valence-corrected chi connectivity index (χ3v) is 7.04. The molecule has 1 fully saturated rings. The lowest BCUT2D eigenvalue weighted by Gasteiger charge is -2.25. The number of benzene rings is 1. The van der Waals surface area contributed by atoms with Crippen molar-refractivity contribution >= 4 is 52.3 Å². The van der Waals surface area contributed by atoms with Gasteiger partial charge in [-0.2, -0.15) is 13.2 Å². The summed E-state index contributed by atoms with van der Waals surface area (Å²) in [5, 5.41) is 22.6. The Bertz CT molecular complexity index is 1680. The summed E-state index contributed by atoms with van der Waals surface area (Å²) < 4.78 is 39.1. The number of nitrogens with zero attached hydrogens (tertiary/aromatic N) is 6. The van der Waals surface area contributed by atoms with Crippen LogP contribution in [0.5, 0.6) is 0 Å². The average molecular weight is 671 g/mol. The Hall–Kier alpha value is -4.25. The number of imidazole rings is 1. The highest BCUT2D eigenvalue weighted by molar-refractivity contribution is 6.36. The summed E-state index contributed by atoms with van der Waals surface area (Å²) in [5.41, 5.74) is 9.33. The largest absolute Gasteiger partial charge is 0.490 e. The first-order chi connectivity index (χ1) is 21.3. The van der Waals surface area contributed by atoms with Crippen LogP contribution in [0.4, 0.5) is 30.6 Å². The summed E-state index contributed by atoms with van der Waals surface area (Å²) in [4.78, 5) is 35.5. The number of aryl methyl sites for hydroxylation is 1. The number of nitrogens with one attached hydrogen (secondary N) is 1. The third kappa shape index (κ3) is 9.13. The molecule has 0 radical (unpaired) electrons. The molecular weight excluding hydrogens is 644 g/mol. The number of ether oxygens (including phenoxy) is 1. The summed E-state index contributed by atoms with van der Waals surface area (Å²) in [5.74, 6) is -2.21. The standard InChI is InChI=1S/C25H26Cl2N8O3.C2HF3O2/c26-16-3-5-19(20(27)12-16)21-13-23-30-18(14-33-8-10-38-11-9-33)15-34(23)25(32-21)29-7-1-2-17-4-6-22(35(36)37)24(28)31-17;3-2(4,5)1(6)7/h3-6,12-13,15H,1-2,7-11,14H2,(H2,28,31)(H,29,32);(H,6,7). The van der Waals surface area contributed by atoms with Crippen LogP contribution in [0, 0.1) is 10.1 Å². The molecule has 4 N–H and O–H groups in total. The van der Waals surface area contributed by atoms with Gasteiger partial charge in [0.1, 0.15) is 5.65 Å². The van der Waals surface area contributed by atoms with E-state index in [1.54, 1.807) is 18.2 Å². The number of carboxylic acids is 1. The van der Waals surface area contributed by atoms with E-state index in [2.05, 4.69) is 15.2 Å². The second-order valence-electron chi connectivity index (χ2n) is 9.74. The molecule has 0 aliphatic carbocycles. The first kappa shape index (κ1) is 33.6. The van der Waals surface area contributed by atoms with Crippen LogP contribution in [0.2, 0.25) is 10.0 Å². The molecule has 13 nitrogen and oxygen atoms in total. The SMILES string of the molecule is Nc1nc(CCCNc2nc(-c3ccc(Cl)cc3Cl)cc3nc(CN4CCOCC4)cn23)ccc1[N+](=O)[O-].O=C(O)C(F)(F)F. The van der Waals surface area contributed by atoms with Crippen LogP contribution in [0.25, 0.3) is 16.9 Å². The maximum Gasteiger partial charge on any atom is 0.490 e. The predicted octanol–water partition coefficient (Wildman–Crippen LogP) is 5.10. The summed E-state index contributed by atoms with van der Waals surface area (Å²) in [6.07, 6.45) is -1.80. The fraction of sp³-hybridized carbons (Fsp3) is 0.333. The molecular formula is C27H27Cl2F3N8O5. The molecule has 0 spiro atoms. The van der Waals surface area contributed by atoms with Gasteiger partial charge < -0.3 is 20.9 Å². The number of nitrogen functional groups attached to an aromatic ring is 1. The number of nitro groups is 1.